The molecule has 0 aromatic heterocycles. The van der Waals surface area contributed by atoms with Crippen LogP contribution in [0.5, 0.6) is 0 Å². The van der Waals surface area contributed by atoms with E-state index in [9.17, 15) is 19.1 Å². The van der Waals surface area contributed by atoms with Gasteiger partial charge in [0.05, 0.1) is 5.69 Å². The first kappa shape index (κ1) is 15.8. The van der Waals surface area contributed by atoms with Crippen LogP contribution in [0.25, 0.3) is 0 Å². The molecule has 1 fully saturated rings. The number of nitrogens with zero attached hydrogens (tertiary/aromatic N) is 1. The van der Waals surface area contributed by atoms with Gasteiger partial charge in [-0.1, -0.05) is 22.9 Å². The fraction of sp³-hybridized carbons (Fsp3) is 0.429. The van der Waals surface area contributed by atoms with Gasteiger partial charge in [-0.15, -0.1) is 0 Å². The Balaban J connectivity index is 2.16. The largest absolute Gasteiger partial charge is 0.480 e. The predicted octanol–water partition coefficient (Wildman–Crippen LogP) is 3.31. The topological polar surface area (TPSA) is 69.6 Å². The zero-order chi connectivity index (χ0) is 15.6. The molecule has 1 aliphatic rings. The second-order valence-corrected chi connectivity index (χ2v) is 6.07. The summed E-state index contributed by atoms with van der Waals surface area (Å²) < 4.78 is 14.3. The maximum atomic E-state index is 13.7. The Morgan fingerprint density at radius 1 is 1.48 bits per heavy atom. The molecule has 0 bridgehead atoms. The maximum absolute atomic E-state index is 13.7. The third-order valence-electron chi connectivity index (χ3n) is 3.62. The van der Waals surface area contributed by atoms with E-state index in [1.807, 2.05) is 0 Å². The lowest BCUT2D eigenvalue weighted by Gasteiger charge is -2.37. The van der Waals surface area contributed by atoms with Crippen LogP contribution in [0.4, 0.5) is 14.9 Å². The summed E-state index contributed by atoms with van der Waals surface area (Å²) in [5.74, 6) is -1.74. The highest BCUT2D eigenvalue weighted by Gasteiger charge is 2.37. The normalized spacial score (nSPS) is 22.0. The zero-order valence-electron chi connectivity index (χ0n) is 11.5. The number of halogens is 2. The monoisotopic (exact) mass is 358 g/mol. The van der Waals surface area contributed by atoms with Gasteiger partial charge in [0, 0.05) is 11.0 Å². The number of amides is 2. The summed E-state index contributed by atoms with van der Waals surface area (Å²) in [7, 11) is 0. The molecular formula is C14H16BrFN2O3. The van der Waals surface area contributed by atoms with Gasteiger partial charge in [0.1, 0.15) is 11.9 Å². The summed E-state index contributed by atoms with van der Waals surface area (Å²) in [5.41, 5.74) is 0.0329. The molecule has 2 unspecified atom stereocenters. The molecule has 1 aromatic rings. The van der Waals surface area contributed by atoms with E-state index in [-0.39, 0.29) is 11.6 Å². The SMILES string of the molecule is CC1CCCN(C(=O)Nc2ccc(Br)cc2F)C1C(=O)O. The van der Waals surface area contributed by atoms with Crippen LogP contribution in [0, 0.1) is 11.7 Å². The van der Waals surface area contributed by atoms with Crippen LogP contribution in [0.2, 0.25) is 0 Å². The van der Waals surface area contributed by atoms with Crippen molar-refractivity contribution in [3.63, 3.8) is 0 Å². The Bertz CT molecular complexity index is 567. The smallest absolute Gasteiger partial charge is 0.326 e. The minimum Gasteiger partial charge on any atom is -0.480 e. The van der Waals surface area contributed by atoms with Gasteiger partial charge >= 0.3 is 12.0 Å². The Kier molecular flexibility index (Phi) is 4.82. The molecule has 0 spiro atoms. The van der Waals surface area contributed by atoms with Gasteiger partial charge in [-0.25, -0.2) is 14.0 Å². The second kappa shape index (κ2) is 6.43. The van der Waals surface area contributed by atoms with Crippen LogP contribution in [0.1, 0.15) is 19.8 Å². The van der Waals surface area contributed by atoms with Crippen molar-refractivity contribution < 1.29 is 19.1 Å². The van der Waals surface area contributed by atoms with Crippen LogP contribution in [-0.2, 0) is 4.79 Å². The molecule has 2 rings (SSSR count). The number of anilines is 1. The first-order valence-electron chi connectivity index (χ1n) is 6.65. The molecule has 21 heavy (non-hydrogen) atoms. The highest BCUT2D eigenvalue weighted by atomic mass is 79.9. The Hall–Kier alpha value is -1.63. The lowest BCUT2D eigenvalue weighted by atomic mass is 9.91. The van der Waals surface area contributed by atoms with E-state index < -0.39 is 23.9 Å². The fourth-order valence-electron chi connectivity index (χ4n) is 2.57. The highest BCUT2D eigenvalue weighted by Crippen LogP contribution is 2.25. The van der Waals surface area contributed by atoms with Gasteiger partial charge in [-0.05, 0) is 37.0 Å². The minimum absolute atomic E-state index is 0.0329. The van der Waals surface area contributed by atoms with Crippen molar-refractivity contribution in [2.24, 2.45) is 5.92 Å². The van der Waals surface area contributed by atoms with Crippen LogP contribution >= 0.6 is 15.9 Å². The summed E-state index contributed by atoms with van der Waals surface area (Å²) >= 11 is 3.13. The van der Waals surface area contributed by atoms with E-state index in [4.69, 9.17) is 0 Å². The number of carboxylic acid groups (broad SMARTS) is 1. The number of likely N-dealkylation sites (tertiary alicyclic amines) is 1. The zero-order valence-corrected chi connectivity index (χ0v) is 13.1. The van der Waals surface area contributed by atoms with Crippen LogP contribution in [-0.4, -0.2) is 34.6 Å². The highest BCUT2D eigenvalue weighted by molar-refractivity contribution is 9.10. The number of hydrogen-bond acceptors (Lipinski definition) is 2. The molecule has 0 aliphatic carbocycles. The van der Waals surface area contributed by atoms with Crippen molar-refractivity contribution in [1.29, 1.82) is 0 Å². The maximum Gasteiger partial charge on any atom is 0.326 e. The molecule has 7 heteroatoms. The van der Waals surface area contributed by atoms with Gasteiger partial charge in [0.2, 0.25) is 0 Å². The van der Waals surface area contributed by atoms with E-state index in [2.05, 4.69) is 21.2 Å². The van der Waals surface area contributed by atoms with Crippen molar-refractivity contribution in [3.8, 4) is 0 Å². The number of hydrogen-bond donors (Lipinski definition) is 2. The standard InChI is InChI=1S/C14H16BrFN2O3/c1-8-3-2-6-18(12(8)13(19)20)14(21)17-11-5-4-9(15)7-10(11)16/h4-5,7-8,12H,2-3,6H2,1H3,(H,17,21)(H,19,20). The number of nitrogens with one attached hydrogen (secondary N) is 1. The van der Waals surface area contributed by atoms with E-state index in [0.29, 0.717) is 11.0 Å². The van der Waals surface area contributed by atoms with E-state index in [0.717, 1.165) is 12.8 Å². The second-order valence-electron chi connectivity index (χ2n) is 5.15. The van der Waals surface area contributed by atoms with Crippen molar-refractivity contribution in [3.05, 3.63) is 28.5 Å². The Morgan fingerprint density at radius 3 is 2.81 bits per heavy atom. The predicted molar refractivity (Wildman–Crippen MR) is 79.6 cm³/mol. The van der Waals surface area contributed by atoms with Crippen molar-refractivity contribution in [2.75, 3.05) is 11.9 Å². The number of carboxylic acids is 1. The number of carbonyl (C=O) groups excluding carboxylic acids is 1. The summed E-state index contributed by atoms with van der Waals surface area (Å²) in [5, 5.41) is 11.7. The van der Waals surface area contributed by atoms with Crippen molar-refractivity contribution in [2.45, 2.75) is 25.8 Å². The van der Waals surface area contributed by atoms with Crippen LogP contribution in [0.15, 0.2) is 22.7 Å². The third-order valence-corrected chi connectivity index (χ3v) is 4.11. The number of rotatable bonds is 2. The lowest BCUT2D eigenvalue weighted by molar-refractivity contribution is -0.145. The molecule has 0 radical (unpaired) electrons. The molecule has 1 saturated heterocycles. The number of aliphatic carboxylic acids is 1. The molecule has 1 heterocycles. The van der Waals surface area contributed by atoms with E-state index in [1.165, 1.54) is 17.0 Å². The molecule has 0 saturated carbocycles. The van der Waals surface area contributed by atoms with Crippen molar-refractivity contribution in [1.82, 2.24) is 4.90 Å². The molecule has 114 valence electrons. The van der Waals surface area contributed by atoms with Gasteiger partial charge < -0.3 is 15.3 Å². The summed E-state index contributed by atoms with van der Waals surface area (Å²) in [6.45, 7) is 2.16. The minimum atomic E-state index is -1.03. The summed E-state index contributed by atoms with van der Waals surface area (Å²) in [6.07, 6.45) is 1.49. The van der Waals surface area contributed by atoms with Crippen molar-refractivity contribution >= 4 is 33.6 Å². The van der Waals surface area contributed by atoms with Gasteiger partial charge in [0.15, 0.2) is 0 Å². The first-order chi connectivity index (χ1) is 9.90. The quantitative estimate of drug-likeness (QED) is 0.851. The number of carbonyl (C=O) groups is 2. The molecular weight excluding hydrogens is 343 g/mol. The molecule has 1 aromatic carbocycles. The van der Waals surface area contributed by atoms with Crippen LogP contribution in [0.3, 0.4) is 0 Å². The first-order valence-corrected chi connectivity index (χ1v) is 7.45. The Labute approximate surface area is 130 Å². The molecule has 1 aliphatic heterocycles. The number of urea groups is 1. The van der Waals surface area contributed by atoms with E-state index in [1.54, 1.807) is 13.0 Å². The van der Waals surface area contributed by atoms with Crippen LogP contribution < -0.4 is 5.32 Å². The number of benzene rings is 1. The molecule has 2 N–H and O–H groups in total. The van der Waals surface area contributed by atoms with Gasteiger partial charge in [-0.3, -0.25) is 0 Å². The average molecular weight is 359 g/mol. The summed E-state index contributed by atoms with van der Waals surface area (Å²) in [6, 6.07) is 2.81. The third kappa shape index (κ3) is 3.53. The molecule has 5 nitrogen and oxygen atoms in total. The lowest BCUT2D eigenvalue weighted by Crippen LogP contribution is -2.53. The van der Waals surface area contributed by atoms with Gasteiger partial charge in [0.25, 0.3) is 0 Å². The summed E-state index contributed by atoms with van der Waals surface area (Å²) in [4.78, 5) is 24.8. The fourth-order valence-corrected chi connectivity index (χ4v) is 2.90. The molecule has 2 amide bonds. The van der Waals surface area contributed by atoms with Gasteiger partial charge in [-0.2, -0.15) is 0 Å². The average Bonchev–Trinajstić information content (AvgIpc) is 2.41. The number of piperidine rings is 1. The molecule has 2 atom stereocenters. The Morgan fingerprint density at radius 2 is 2.19 bits per heavy atom. The van der Waals surface area contributed by atoms with E-state index >= 15 is 0 Å².